The van der Waals surface area contributed by atoms with Crippen LogP contribution in [0.25, 0.3) is 11.2 Å². The van der Waals surface area contributed by atoms with Crippen LogP contribution >= 0.6 is 0 Å². The van der Waals surface area contributed by atoms with Gasteiger partial charge in [-0.25, -0.2) is 10.2 Å². The number of benzene rings is 1. The van der Waals surface area contributed by atoms with Crippen LogP contribution < -0.4 is 16.7 Å². The van der Waals surface area contributed by atoms with Gasteiger partial charge in [-0.1, -0.05) is 44.2 Å². The van der Waals surface area contributed by atoms with E-state index in [1.165, 1.54) is 11.6 Å². The van der Waals surface area contributed by atoms with E-state index in [-0.39, 0.29) is 11.5 Å². The molecule has 0 spiro atoms. The van der Waals surface area contributed by atoms with Crippen LogP contribution in [0.2, 0.25) is 0 Å². The number of hydrazone groups is 1. The predicted octanol–water partition coefficient (Wildman–Crippen LogP) is 1.54. The fourth-order valence-corrected chi connectivity index (χ4v) is 2.78. The summed E-state index contributed by atoms with van der Waals surface area (Å²) in [6.07, 6.45) is 1.68. The Labute approximate surface area is 150 Å². The van der Waals surface area contributed by atoms with E-state index in [0.29, 0.717) is 23.7 Å². The largest absolute Gasteiger partial charge is 0.332 e. The van der Waals surface area contributed by atoms with Crippen molar-refractivity contribution in [2.24, 2.45) is 25.1 Å². The van der Waals surface area contributed by atoms with Crippen LogP contribution in [0.15, 0.2) is 45.0 Å². The Hall–Kier alpha value is -3.16. The fraction of sp³-hybridized carbons (Fsp3) is 0.333. The van der Waals surface area contributed by atoms with Gasteiger partial charge < -0.3 is 4.57 Å². The molecule has 136 valence electrons. The summed E-state index contributed by atoms with van der Waals surface area (Å²) in [5, 5.41) is 4.22. The van der Waals surface area contributed by atoms with Crippen LogP contribution in [0, 0.1) is 5.92 Å². The third kappa shape index (κ3) is 3.17. The Morgan fingerprint density at radius 1 is 1.15 bits per heavy atom. The quantitative estimate of drug-likeness (QED) is 0.556. The standard InChI is InChI=1S/C18H22N6O2/c1-12(2)11-24-14-15(22(3)18(26)23(4)16(14)25)20-17(24)21-19-10-13-8-6-5-7-9-13/h5-10,12H,11H2,1-4H3,(H,20,21)/b19-10-. The van der Waals surface area contributed by atoms with Gasteiger partial charge in [0.15, 0.2) is 11.2 Å². The zero-order chi connectivity index (χ0) is 18.8. The number of hydrogen-bond acceptors (Lipinski definition) is 5. The number of hydrogen-bond donors (Lipinski definition) is 1. The van der Waals surface area contributed by atoms with Crippen LogP contribution in [-0.4, -0.2) is 24.9 Å². The second kappa shape index (κ2) is 6.99. The van der Waals surface area contributed by atoms with Crippen molar-refractivity contribution in [3.8, 4) is 0 Å². The molecular weight excluding hydrogens is 332 g/mol. The summed E-state index contributed by atoms with van der Waals surface area (Å²) in [5.41, 5.74) is 3.81. The Bertz CT molecular complexity index is 1070. The summed E-state index contributed by atoms with van der Waals surface area (Å²) >= 11 is 0. The van der Waals surface area contributed by atoms with Gasteiger partial charge in [-0.15, -0.1) is 0 Å². The number of nitrogens with one attached hydrogen (secondary N) is 1. The lowest BCUT2D eigenvalue weighted by Gasteiger charge is -2.11. The lowest BCUT2D eigenvalue weighted by molar-refractivity contribution is 0.534. The Morgan fingerprint density at radius 2 is 1.85 bits per heavy atom. The average Bonchev–Trinajstić information content (AvgIpc) is 2.97. The molecule has 3 rings (SSSR count). The average molecular weight is 354 g/mol. The first-order chi connectivity index (χ1) is 12.4. The van der Waals surface area contributed by atoms with Crippen LogP contribution in [0.4, 0.5) is 5.95 Å². The van der Waals surface area contributed by atoms with Gasteiger partial charge >= 0.3 is 5.69 Å². The van der Waals surface area contributed by atoms with E-state index < -0.39 is 5.69 Å². The number of anilines is 1. The van der Waals surface area contributed by atoms with Crippen molar-refractivity contribution in [1.29, 1.82) is 0 Å². The molecule has 8 heteroatoms. The molecule has 1 aromatic carbocycles. The topological polar surface area (TPSA) is 86.2 Å². The molecule has 0 aliphatic heterocycles. The molecule has 26 heavy (non-hydrogen) atoms. The highest BCUT2D eigenvalue weighted by Gasteiger charge is 2.19. The zero-order valence-corrected chi connectivity index (χ0v) is 15.3. The molecule has 0 saturated carbocycles. The number of aromatic nitrogens is 4. The minimum atomic E-state index is -0.406. The second-order valence-electron chi connectivity index (χ2n) is 6.60. The number of rotatable bonds is 5. The highest BCUT2D eigenvalue weighted by molar-refractivity contribution is 5.80. The van der Waals surface area contributed by atoms with Crippen molar-refractivity contribution in [2.75, 3.05) is 5.43 Å². The molecule has 0 radical (unpaired) electrons. The predicted molar refractivity (Wildman–Crippen MR) is 103 cm³/mol. The van der Waals surface area contributed by atoms with E-state index in [2.05, 4.69) is 29.4 Å². The van der Waals surface area contributed by atoms with E-state index in [9.17, 15) is 9.59 Å². The molecule has 2 heterocycles. The number of fused-ring (bicyclic) bond motifs is 1. The lowest BCUT2D eigenvalue weighted by atomic mass is 10.2. The molecule has 3 aromatic rings. The molecule has 0 fully saturated rings. The van der Waals surface area contributed by atoms with Crippen LogP contribution in [0.3, 0.4) is 0 Å². The second-order valence-corrected chi connectivity index (χ2v) is 6.60. The van der Waals surface area contributed by atoms with Crippen molar-refractivity contribution < 1.29 is 0 Å². The minimum absolute atomic E-state index is 0.285. The van der Waals surface area contributed by atoms with Gasteiger partial charge in [0, 0.05) is 20.6 Å². The molecule has 0 amide bonds. The van der Waals surface area contributed by atoms with Gasteiger partial charge in [0.1, 0.15) is 0 Å². The Morgan fingerprint density at radius 3 is 2.50 bits per heavy atom. The number of nitrogens with zero attached hydrogens (tertiary/aromatic N) is 5. The number of imidazole rings is 1. The summed E-state index contributed by atoms with van der Waals surface area (Å²) < 4.78 is 4.25. The van der Waals surface area contributed by atoms with E-state index in [0.717, 1.165) is 10.1 Å². The fourth-order valence-electron chi connectivity index (χ4n) is 2.78. The zero-order valence-electron chi connectivity index (χ0n) is 15.3. The van der Waals surface area contributed by atoms with Gasteiger partial charge in [-0.05, 0) is 11.5 Å². The molecule has 8 nitrogen and oxygen atoms in total. The molecule has 0 atom stereocenters. The minimum Gasteiger partial charge on any atom is -0.303 e. The third-order valence-electron chi connectivity index (χ3n) is 4.07. The molecular formula is C18H22N6O2. The molecule has 0 aliphatic rings. The van der Waals surface area contributed by atoms with Crippen molar-refractivity contribution >= 4 is 23.3 Å². The van der Waals surface area contributed by atoms with Gasteiger partial charge in [-0.3, -0.25) is 13.9 Å². The first-order valence-corrected chi connectivity index (χ1v) is 8.40. The smallest absolute Gasteiger partial charge is 0.303 e. The van der Waals surface area contributed by atoms with E-state index in [1.54, 1.807) is 17.8 Å². The first-order valence-electron chi connectivity index (χ1n) is 8.40. The summed E-state index contributed by atoms with van der Waals surface area (Å²) in [6, 6.07) is 9.65. The summed E-state index contributed by atoms with van der Waals surface area (Å²) in [6.45, 7) is 4.68. The van der Waals surface area contributed by atoms with Gasteiger partial charge in [0.25, 0.3) is 5.56 Å². The molecule has 2 aromatic heterocycles. The number of aryl methyl sites for hydroxylation is 1. The van der Waals surface area contributed by atoms with Crippen molar-refractivity contribution in [3.05, 3.63) is 56.7 Å². The van der Waals surface area contributed by atoms with Gasteiger partial charge in [0.05, 0.1) is 6.21 Å². The monoisotopic (exact) mass is 354 g/mol. The van der Waals surface area contributed by atoms with Crippen LogP contribution in [0.5, 0.6) is 0 Å². The summed E-state index contributed by atoms with van der Waals surface area (Å²) in [7, 11) is 3.07. The van der Waals surface area contributed by atoms with Crippen LogP contribution in [-0.2, 0) is 20.6 Å². The first kappa shape index (κ1) is 17.7. The van der Waals surface area contributed by atoms with Gasteiger partial charge in [0.2, 0.25) is 5.95 Å². The Balaban J connectivity index is 2.11. The molecule has 0 saturated heterocycles. The van der Waals surface area contributed by atoms with Crippen molar-refractivity contribution in [1.82, 2.24) is 18.7 Å². The van der Waals surface area contributed by atoms with Gasteiger partial charge in [-0.2, -0.15) is 10.1 Å². The molecule has 0 unspecified atom stereocenters. The molecule has 1 N–H and O–H groups in total. The maximum Gasteiger partial charge on any atom is 0.332 e. The van der Waals surface area contributed by atoms with Crippen molar-refractivity contribution in [3.63, 3.8) is 0 Å². The highest BCUT2D eigenvalue weighted by atomic mass is 16.2. The molecule has 0 aliphatic carbocycles. The lowest BCUT2D eigenvalue weighted by Crippen LogP contribution is -2.37. The maximum absolute atomic E-state index is 12.6. The normalized spacial score (nSPS) is 11.7. The molecule has 0 bridgehead atoms. The Kier molecular flexibility index (Phi) is 4.75. The maximum atomic E-state index is 12.6. The summed E-state index contributed by atoms with van der Waals surface area (Å²) in [4.78, 5) is 29.3. The van der Waals surface area contributed by atoms with E-state index in [1.807, 2.05) is 30.3 Å². The highest BCUT2D eigenvalue weighted by Crippen LogP contribution is 2.17. The van der Waals surface area contributed by atoms with Crippen molar-refractivity contribution in [2.45, 2.75) is 20.4 Å². The van der Waals surface area contributed by atoms with E-state index >= 15 is 0 Å². The third-order valence-corrected chi connectivity index (χ3v) is 4.07. The summed E-state index contributed by atoms with van der Waals surface area (Å²) in [5.74, 6) is 0.715. The SMILES string of the molecule is CC(C)Cn1c(N/N=C\c2ccccc2)nc2c1c(=O)n(C)c(=O)n2C. The van der Waals surface area contributed by atoms with Crippen LogP contribution in [0.1, 0.15) is 19.4 Å². The van der Waals surface area contributed by atoms with E-state index in [4.69, 9.17) is 0 Å².